The standard InChI is InChI=1S/C19H20O6/c1-13(12-22-2)24-16-9-15(18(20)23-3)10-17(11-16)25-19(21)14-7-5-4-6-8-14/h4-11,13H,12H2,1-3H3/t13-/m0/s1. The number of rotatable bonds is 7. The minimum absolute atomic E-state index is 0.191. The lowest BCUT2D eigenvalue weighted by Crippen LogP contribution is -2.18. The summed E-state index contributed by atoms with van der Waals surface area (Å²) < 4.78 is 20.8. The first-order valence-corrected chi connectivity index (χ1v) is 7.69. The highest BCUT2D eigenvalue weighted by molar-refractivity contribution is 5.93. The first-order valence-electron chi connectivity index (χ1n) is 7.69. The van der Waals surface area contributed by atoms with Crippen molar-refractivity contribution in [2.75, 3.05) is 20.8 Å². The maximum absolute atomic E-state index is 12.2. The van der Waals surface area contributed by atoms with E-state index in [2.05, 4.69) is 0 Å². The van der Waals surface area contributed by atoms with E-state index in [1.807, 2.05) is 6.92 Å². The quantitative estimate of drug-likeness (QED) is 0.568. The van der Waals surface area contributed by atoms with Crippen LogP contribution in [0.1, 0.15) is 27.6 Å². The number of ether oxygens (including phenoxy) is 4. The van der Waals surface area contributed by atoms with Gasteiger partial charge in [0.05, 0.1) is 24.8 Å². The third-order valence-electron chi connectivity index (χ3n) is 3.26. The average molecular weight is 344 g/mol. The summed E-state index contributed by atoms with van der Waals surface area (Å²) in [6.07, 6.45) is -0.240. The van der Waals surface area contributed by atoms with Gasteiger partial charge in [-0.25, -0.2) is 9.59 Å². The van der Waals surface area contributed by atoms with Gasteiger partial charge in [0, 0.05) is 13.2 Å². The first-order chi connectivity index (χ1) is 12.0. The minimum atomic E-state index is -0.554. The van der Waals surface area contributed by atoms with Gasteiger partial charge in [-0.3, -0.25) is 0 Å². The SMILES string of the molecule is COC[C@H](C)Oc1cc(OC(=O)c2ccccc2)cc(C(=O)OC)c1. The third-order valence-corrected chi connectivity index (χ3v) is 3.26. The molecule has 0 aliphatic heterocycles. The summed E-state index contributed by atoms with van der Waals surface area (Å²) in [6, 6.07) is 13.1. The molecule has 0 saturated carbocycles. The molecule has 0 heterocycles. The highest BCUT2D eigenvalue weighted by atomic mass is 16.5. The monoisotopic (exact) mass is 344 g/mol. The summed E-state index contributed by atoms with van der Waals surface area (Å²) in [4.78, 5) is 24.0. The lowest BCUT2D eigenvalue weighted by atomic mass is 10.2. The number of hydrogen-bond donors (Lipinski definition) is 0. The zero-order chi connectivity index (χ0) is 18.2. The van der Waals surface area contributed by atoms with Gasteiger partial charge in [0.2, 0.25) is 0 Å². The van der Waals surface area contributed by atoms with Crippen LogP contribution >= 0.6 is 0 Å². The Balaban J connectivity index is 2.26. The second kappa shape index (κ2) is 8.84. The smallest absolute Gasteiger partial charge is 0.343 e. The predicted octanol–water partition coefficient (Wildman–Crippen LogP) is 3.11. The number of carbonyl (C=O) groups excluding carboxylic acids is 2. The van der Waals surface area contributed by atoms with Crippen molar-refractivity contribution in [1.82, 2.24) is 0 Å². The molecule has 6 heteroatoms. The second-order valence-corrected chi connectivity index (χ2v) is 5.32. The average Bonchev–Trinajstić information content (AvgIpc) is 2.61. The van der Waals surface area contributed by atoms with Crippen LogP contribution in [-0.2, 0) is 9.47 Å². The molecule has 0 fully saturated rings. The maximum atomic E-state index is 12.2. The van der Waals surface area contributed by atoms with Crippen molar-refractivity contribution in [3.05, 3.63) is 59.7 Å². The number of esters is 2. The molecule has 0 spiro atoms. The van der Waals surface area contributed by atoms with Crippen molar-refractivity contribution in [2.24, 2.45) is 0 Å². The van der Waals surface area contributed by atoms with Gasteiger partial charge in [0.25, 0.3) is 0 Å². The summed E-state index contributed by atoms with van der Waals surface area (Å²) in [5, 5.41) is 0. The fourth-order valence-electron chi connectivity index (χ4n) is 2.18. The Morgan fingerprint density at radius 3 is 2.24 bits per heavy atom. The summed E-state index contributed by atoms with van der Waals surface area (Å²) in [6.45, 7) is 2.20. The fourth-order valence-corrected chi connectivity index (χ4v) is 2.18. The zero-order valence-electron chi connectivity index (χ0n) is 14.4. The van der Waals surface area contributed by atoms with Crippen LogP contribution in [0, 0.1) is 0 Å². The highest BCUT2D eigenvalue weighted by Gasteiger charge is 2.15. The molecule has 25 heavy (non-hydrogen) atoms. The van der Waals surface area contributed by atoms with Crippen molar-refractivity contribution < 1.29 is 28.5 Å². The minimum Gasteiger partial charge on any atom is -0.488 e. The van der Waals surface area contributed by atoms with Crippen LogP contribution in [-0.4, -0.2) is 38.9 Å². The molecular formula is C19H20O6. The van der Waals surface area contributed by atoms with Gasteiger partial charge in [-0.05, 0) is 31.2 Å². The topological polar surface area (TPSA) is 71.1 Å². The molecule has 0 radical (unpaired) electrons. The Labute approximate surface area is 146 Å². The highest BCUT2D eigenvalue weighted by Crippen LogP contribution is 2.25. The molecule has 0 bridgehead atoms. The molecular weight excluding hydrogens is 324 g/mol. The van der Waals surface area contributed by atoms with E-state index in [9.17, 15) is 9.59 Å². The van der Waals surface area contributed by atoms with Crippen LogP contribution in [0.5, 0.6) is 11.5 Å². The molecule has 2 aromatic carbocycles. The van der Waals surface area contributed by atoms with E-state index in [0.717, 1.165) is 0 Å². The molecule has 2 aromatic rings. The Morgan fingerprint density at radius 1 is 0.920 bits per heavy atom. The molecule has 6 nitrogen and oxygen atoms in total. The molecule has 0 amide bonds. The normalized spacial score (nSPS) is 11.5. The van der Waals surface area contributed by atoms with Gasteiger partial charge in [-0.15, -0.1) is 0 Å². The molecule has 0 N–H and O–H groups in total. The maximum Gasteiger partial charge on any atom is 0.343 e. The van der Waals surface area contributed by atoms with Crippen LogP contribution in [0.15, 0.2) is 48.5 Å². The van der Waals surface area contributed by atoms with Crippen LogP contribution < -0.4 is 9.47 Å². The number of methoxy groups -OCH3 is 2. The summed E-state index contributed by atoms with van der Waals surface area (Å²) in [5.74, 6) is -0.514. The molecule has 0 aromatic heterocycles. The molecule has 2 rings (SSSR count). The molecule has 0 saturated heterocycles. The Hall–Kier alpha value is -2.86. The van der Waals surface area contributed by atoms with Gasteiger partial charge < -0.3 is 18.9 Å². The molecule has 0 unspecified atom stereocenters. The molecule has 1 atom stereocenters. The van der Waals surface area contributed by atoms with Crippen molar-refractivity contribution >= 4 is 11.9 Å². The van der Waals surface area contributed by atoms with Crippen molar-refractivity contribution in [3.8, 4) is 11.5 Å². The van der Waals surface area contributed by atoms with Crippen molar-refractivity contribution in [3.63, 3.8) is 0 Å². The summed E-state index contributed by atoms with van der Waals surface area (Å²) in [5.41, 5.74) is 0.627. The van der Waals surface area contributed by atoms with Crippen LogP contribution in [0.25, 0.3) is 0 Å². The van der Waals surface area contributed by atoms with Gasteiger partial charge in [0.15, 0.2) is 0 Å². The van der Waals surface area contributed by atoms with E-state index >= 15 is 0 Å². The predicted molar refractivity (Wildman–Crippen MR) is 91.1 cm³/mol. The van der Waals surface area contributed by atoms with Crippen LogP contribution in [0.4, 0.5) is 0 Å². The van der Waals surface area contributed by atoms with Crippen LogP contribution in [0.2, 0.25) is 0 Å². The van der Waals surface area contributed by atoms with E-state index in [4.69, 9.17) is 18.9 Å². The lowest BCUT2D eigenvalue weighted by molar-refractivity contribution is 0.0595. The zero-order valence-corrected chi connectivity index (χ0v) is 14.4. The lowest BCUT2D eigenvalue weighted by Gasteiger charge is -2.15. The van der Waals surface area contributed by atoms with Crippen LogP contribution in [0.3, 0.4) is 0 Å². The van der Waals surface area contributed by atoms with Gasteiger partial charge in [0.1, 0.15) is 17.6 Å². The Kier molecular flexibility index (Phi) is 6.54. The molecule has 132 valence electrons. The van der Waals surface area contributed by atoms with E-state index in [1.54, 1.807) is 43.5 Å². The van der Waals surface area contributed by atoms with E-state index in [1.165, 1.54) is 19.2 Å². The van der Waals surface area contributed by atoms with E-state index in [-0.39, 0.29) is 17.4 Å². The first kappa shape index (κ1) is 18.5. The fraction of sp³-hybridized carbons (Fsp3) is 0.263. The van der Waals surface area contributed by atoms with Crippen molar-refractivity contribution in [2.45, 2.75) is 13.0 Å². The number of hydrogen-bond acceptors (Lipinski definition) is 6. The summed E-state index contributed by atoms with van der Waals surface area (Å²) in [7, 11) is 2.84. The number of carbonyl (C=O) groups is 2. The van der Waals surface area contributed by atoms with E-state index < -0.39 is 11.9 Å². The third kappa shape index (κ3) is 5.32. The van der Waals surface area contributed by atoms with E-state index in [0.29, 0.717) is 17.9 Å². The van der Waals surface area contributed by atoms with Gasteiger partial charge >= 0.3 is 11.9 Å². The largest absolute Gasteiger partial charge is 0.488 e. The second-order valence-electron chi connectivity index (χ2n) is 5.32. The number of benzene rings is 2. The van der Waals surface area contributed by atoms with Gasteiger partial charge in [-0.2, -0.15) is 0 Å². The van der Waals surface area contributed by atoms with Gasteiger partial charge in [-0.1, -0.05) is 18.2 Å². The molecule has 0 aliphatic carbocycles. The van der Waals surface area contributed by atoms with Crippen molar-refractivity contribution in [1.29, 1.82) is 0 Å². The molecule has 0 aliphatic rings. The summed E-state index contributed by atoms with van der Waals surface area (Å²) >= 11 is 0. The Bertz CT molecular complexity index is 726. The Morgan fingerprint density at radius 2 is 1.60 bits per heavy atom.